The van der Waals surface area contributed by atoms with E-state index >= 15 is 0 Å². The van der Waals surface area contributed by atoms with Crippen LogP contribution < -0.4 is 10.2 Å². The number of rotatable bonds is 2. The molecule has 17 heavy (non-hydrogen) atoms. The Morgan fingerprint density at radius 1 is 1.29 bits per heavy atom. The van der Waals surface area contributed by atoms with Crippen LogP contribution in [0.4, 0.5) is 5.95 Å². The van der Waals surface area contributed by atoms with Crippen molar-refractivity contribution in [2.24, 2.45) is 7.05 Å². The highest BCUT2D eigenvalue weighted by molar-refractivity contribution is 7.13. The molecule has 0 aliphatic carbocycles. The standard InChI is InChI=1S/C11H15N5S/c1-15-10(9-3-2-8-17-9)13-14-11(15)16-6-4-12-5-7-16/h2-3,8,12H,4-7H2,1H3. The lowest BCUT2D eigenvalue weighted by Crippen LogP contribution is -2.44. The lowest BCUT2D eigenvalue weighted by molar-refractivity contribution is 0.573. The maximum Gasteiger partial charge on any atom is 0.227 e. The Hall–Kier alpha value is -1.40. The van der Waals surface area contributed by atoms with Crippen LogP contribution in [0.5, 0.6) is 0 Å². The summed E-state index contributed by atoms with van der Waals surface area (Å²) in [6, 6.07) is 4.12. The van der Waals surface area contributed by atoms with Crippen LogP contribution >= 0.6 is 11.3 Å². The number of hydrogen-bond acceptors (Lipinski definition) is 5. The van der Waals surface area contributed by atoms with Gasteiger partial charge in [0.1, 0.15) is 0 Å². The fourth-order valence-electron chi connectivity index (χ4n) is 2.08. The molecule has 0 saturated carbocycles. The molecule has 0 unspecified atom stereocenters. The zero-order chi connectivity index (χ0) is 11.7. The van der Waals surface area contributed by atoms with Crippen molar-refractivity contribution in [1.82, 2.24) is 20.1 Å². The third-order valence-electron chi connectivity index (χ3n) is 2.99. The Kier molecular flexibility index (Phi) is 2.82. The average molecular weight is 249 g/mol. The predicted octanol–water partition coefficient (Wildman–Crippen LogP) is 0.953. The van der Waals surface area contributed by atoms with E-state index in [0.29, 0.717) is 0 Å². The van der Waals surface area contributed by atoms with Gasteiger partial charge in [0.25, 0.3) is 0 Å². The molecule has 0 radical (unpaired) electrons. The third-order valence-corrected chi connectivity index (χ3v) is 3.86. The topological polar surface area (TPSA) is 46.0 Å². The van der Waals surface area contributed by atoms with Gasteiger partial charge in [-0.05, 0) is 11.4 Å². The molecule has 0 spiro atoms. The zero-order valence-corrected chi connectivity index (χ0v) is 10.6. The Balaban J connectivity index is 1.92. The third kappa shape index (κ3) is 1.94. The Morgan fingerprint density at radius 2 is 2.12 bits per heavy atom. The Bertz CT molecular complexity index is 484. The summed E-state index contributed by atoms with van der Waals surface area (Å²) in [5, 5.41) is 14.0. The summed E-state index contributed by atoms with van der Waals surface area (Å²) < 4.78 is 2.08. The molecule has 3 heterocycles. The number of nitrogens with one attached hydrogen (secondary N) is 1. The van der Waals surface area contributed by atoms with Gasteiger partial charge >= 0.3 is 0 Å². The highest BCUT2D eigenvalue weighted by Crippen LogP contribution is 2.25. The van der Waals surface area contributed by atoms with E-state index in [4.69, 9.17) is 0 Å². The number of aromatic nitrogens is 3. The van der Waals surface area contributed by atoms with Crippen LogP contribution in [0.15, 0.2) is 17.5 Å². The number of anilines is 1. The first-order valence-electron chi connectivity index (χ1n) is 5.75. The number of piperazine rings is 1. The van der Waals surface area contributed by atoms with Gasteiger partial charge in [-0.3, -0.25) is 4.57 Å². The van der Waals surface area contributed by atoms with Crippen molar-refractivity contribution in [3.8, 4) is 10.7 Å². The molecule has 3 rings (SSSR count). The summed E-state index contributed by atoms with van der Waals surface area (Å²) in [5.41, 5.74) is 0. The van der Waals surface area contributed by atoms with Gasteiger partial charge in [-0.15, -0.1) is 21.5 Å². The minimum atomic E-state index is 0.952. The summed E-state index contributed by atoms with van der Waals surface area (Å²) in [6.45, 7) is 4.02. The molecule has 1 N–H and O–H groups in total. The smallest absolute Gasteiger partial charge is 0.227 e. The van der Waals surface area contributed by atoms with Crippen molar-refractivity contribution in [2.75, 3.05) is 31.1 Å². The largest absolute Gasteiger partial charge is 0.338 e. The molecule has 90 valence electrons. The molecule has 0 atom stereocenters. The van der Waals surface area contributed by atoms with Gasteiger partial charge in [0, 0.05) is 33.2 Å². The van der Waals surface area contributed by atoms with Crippen LogP contribution in [0, 0.1) is 0 Å². The summed E-state index contributed by atoms with van der Waals surface area (Å²) in [5.74, 6) is 1.92. The molecule has 5 nitrogen and oxygen atoms in total. The van der Waals surface area contributed by atoms with Crippen molar-refractivity contribution in [1.29, 1.82) is 0 Å². The van der Waals surface area contributed by atoms with E-state index in [9.17, 15) is 0 Å². The van der Waals surface area contributed by atoms with E-state index < -0.39 is 0 Å². The van der Waals surface area contributed by atoms with E-state index in [-0.39, 0.29) is 0 Å². The molecular formula is C11H15N5S. The van der Waals surface area contributed by atoms with Crippen molar-refractivity contribution in [3.05, 3.63) is 17.5 Å². The average Bonchev–Trinajstić information content (AvgIpc) is 2.99. The zero-order valence-electron chi connectivity index (χ0n) is 9.76. The van der Waals surface area contributed by atoms with E-state index in [2.05, 4.69) is 36.4 Å². The second-order valence-corrected chi connectivity index (χ2v) is 5.04. The normalized spacial score (nSPS) is 16.4. The number of nitrogens with zero attached hydrogens (tertiary/aromatic N) is 4. The molecule has 0 bridgehead atoms. The maximum absolute atomic E-state index is 4.31. The highest BCUT2D eigenvalue weighted by atomic mass is 32.1. The molecular weight excluding hydrogens is 234 g/mol. The van der Waals surface area contributed by atoms with Crippen molar-refractivity contribution < 1.29 is 0 Å². The molecule has 6 heteroatoms. The van der Waals surface area contributed by atoms with Crippen LogP contribution in [-0.4, -0.2) is 40.9 Å². The van der Waals surface area contributed by atoms with Gasteiger partial charge in [0.2, 0.25) is 5.95 Å². The Morgan fingerprint density at radius 3 is 2.82 bits per heavy atom. The molecule has 0 aromatic carbocycles. The molecule has 0 amide bonds. The van der Waals surface area contributed by atoms with Crippen molar-refractivity contribution in [2.45, 2.75) is 0 Å². The van der Waals surface area contributed by atoms with Crippen LogP contribution in [0.1, 0.15) is 0 Å². The maximum atomic E-state index is 4.31. The first kappa shape index (κ1) is 10.7. The molecule has 1 fully saturated rings. The van der Waals surface area contributed by atoms with E-state index in [1.165, 1.54) is 4.88 Å². The second kappa shape index (κ2) is 4.46. The first-order chi connectivity index (χ1) is 8.36. The van der Waals surface area contributed by atoms with Gasteiger partial charge in [0.05, 0.1) is 4.88 Å². The van der Waals surface area contributed by atoms with Gasteiger partial charge < -0.3 is 10.2 Å². The molecule has 2 aromatic heterocycles. The van der Waals surface area contributed by atoms with Crippen molar-refractivity contribution >= 4 is 17.3 Å². The number of hydrogen-bond donors (Lipinski definition) is 1. The summed E-state index contributed by atoms with van der Waals surface area (Å²) in [4.78, 5) is 3.45. The van der Waals surface area contributed by atoms with Crippen LogP contribution in [0.25, 0.3) is 10.7 Å². The summed E-state index contributed by atoms with van der Waals surface area (Å²) in [7, 11) is 2.03. The van der Waals surface area contributed by atoms with Gasteiger partial charge in [-0.1, -0.05) is 6.07 Å². The molecule has 2 aromatic rings. The van der Waals surface area contributed by atoms with Gasteiger partial charge in [-0.2, -0.15) is 0 Å². The highest BCUT2D eigenvalue weighted by Gasteiger charge is 2.18. The van der Waals surface area contributed by atoms with Gasteiger partial charge in [-0.25, -0.2) is 0 Å². The first-order valence-corrected chi connectivity index (χ1v) is 6.63. The second-order valence-electron chi connectivity index (χ2n) is 4.10. The summed E-state index contributed by atoms with van der Waals surface area (Å²) in [6.07, 6.45) is 0. The minimum Gasteiger partial charge on any atom is -0.338 e. The van der Waals surface area contributed by atoms with Crippen LogP contribution in [0.3, 0.4) is 0 Å². The van der Waals surface area contributed by atoms with Gasteiger partial charge in [0.15, 0.2) is 5.82 Å². The van der Waals surface area contributed by atoms with Crippen LogP contribution in [0.2, 0.25) is 0 Å². The minimum absolute atomic E-state index is 0.952. The fourth-order valence-corrected chi connectivity index (χ4v) is 2.83. The van der Waals surface area contributed by atoms with E-state index in [1.807, 2.05) is 13.1 Å². The molecule has 1 aliphatic rings. The SMILES string of the molecule is Cn1c(-c2cccs2)nnc1N1CCNCC1. The van der Waals surface area contributed by atoms with Crippen molar-refractivity contribution in [3.63, 3.8) is 0 Å². The Labute approximate surface area is 104 Å². The lowest BCUT2D eigenvalue weighted by Gasteiger charge is -2.27. The summed E-state index contributed by atoms with van der Waals surface area (Å²) >= 11 is 1.70. The van der Waals surface area contributed by atoms with E-state index in [0.717, 1.165) is 38.0 Å². The monoisotopic (exact) mass is 249 g/mol. The predicted molar refractivity (Wildman–Crippen MR) is 69.4 cm³/mol. The quantitative estimate of drug-likeness (QED) is 0.861. The number of thiophene rings is 1. The van der Waals surface area contributed by atoms with E-state index in [1.54, 1.807) is 11.3 Å². The molecule has 1 aliphatic heterocycles. The fraction of sp³-hybridized carbons (Fsp3) is 0.455. The lowest BCUT2D eigenvalue weighted by atomic mass is 10.4. The molecule has 1 saturated heterocycles. The van der Waals surface area contributed by atoms with Crippen LogP contribution in [-0.2, 0) is 7.05 Å².